The predicted octanol–water partition coefficient (Wildman–Crippen LogP) is 1.44. The van der Waals surface area contributed by atoms with Crippen LogP contribution < -0.4 is 0 Å². The van der Waals surface area contributed by atoms with Crippen LogP contribution in [0, 0.1) is 13.8 Å². The number of hydrogen-bond acceptors (Lipinski definition) is 5. The summed E-state index contributed by atoms with van der Waals surface area (Å²) in [5.41, 5.74) is 1.03. The van der Waals surface area contributed by atoms with Crippen LogP contribution in [0.5, 0.6) is 0 Å². The first-order chi connectivity index (χ1) is 9.90. The Labute approximate surface area is 131 Å². The molecule has 0 saturated carbocycles. The van der Waals surface area contributed by atoms with Crippen molar-refractivity contribution in [2.75, 3.05) is 32.8 Å². The van der Waals surface area contributed by atoms with Crippen molar-refractivity contribution in [3.05, 3.63) is 16.5 Å². The van der Waals surface area contributed by atoms with E-state index in [-0.39, 0.29) is 12.6 Å². The smallest absolute Gasteiger partial charge is 0.252 e. The van der Waals surface area contributed by atoms with Gasteiger partial charge in [0.15, 0.2) is 0 Å². The minimum absolute atomic E-state index is 0.132. The van der Waals surface area contributed by atoms with E-state index in [2.05, 4.69) is 4.90 Å². The summed E-state index contributed by atoms with van der Waals surface area (Å²) in [4.78, 5) is 3.23. The number of sulfonamides is 1. The van der Waals surface area contributed by atoms with Crippen molar-refractivity contribution in [3.63, 3.8) is 0 Å². The zero-order valence-corrected chi connectivity index (χ0v) is 14.5. The number of nitrogens with zero attached hydrogens (tertiary/aromatic N) is 2. The third kappa shape index (κ3) is 3.48. The van der Waals surface area contributed by atoms with E-state index < -0.39 is 10.0 Å². The van der Waals surface area contributed by atoms with E-state index in [1.54, 1.807) is 10.4 Å². The highest BCUT2D eigenvalue weighted by Gasteiger charge is 2.31. The summed E-state index contributed by atoms with van der Waals surface area (Å²) in [6, 6.07) is 1.91. The molecule has 1 aliphatic rings. The molecular formula is C14H24N2O3S2. The minimum Gasteiger partial charge on any atom is -0.395 e. The fourth-order valence-electron chi connectivity index (χ4n) is 2.61. The van der Waals surface area contributed by atoms with Crippen LogP contribution in [-0.2, 0) is 10.0 Å². The monoisotopic (exact) mass is 332 g/mol. The fraction of sp³-hybridized carbons (Fsp3) is 0.714. The molecule has 0 radical (unpaired) electrons. The Morgan fingerprint density at radius 3 is 2.33 bits per heavy atom. The first-order valence-electron chi connectivity index (χ1n) is 7.32. The number of aliphatic hydroxyl groups is 1. The van der Waals surface area contributed by atoms with Gasteiger partial charge in [0.25, 0.3) is 10.0 Å². The molecule has 0 aliphatic carbocycles. The highest BCUT2D eigenvalue weighted by atomic mass is 32.2. The summed E-state index contributed by atoms with van der Waals surface area (Å²) in [7, 11) is -3.36. The molecule has 120 valence electrons. The van der Waals surface area contributed by atoms with Crippen LogP contribution >= 0.6 is 11.3 Å². The van der Waals surface area contributed by atoms with Gasteiger partial charge in [-0.25, -0.2) is 8.42 Å². The Hall–Kier alpha value is -0.470. The van der Waals surface area contributed by atoms with Crippen molar-refractivity contribution in [1.82, 2.24) is 9.21 Å². The summed E-state index contributed by atoms with van der Waals surface area (Å²) in [6.45, 7) is 8.42. The zero-order chi connectivity index (χ0) is 15.6. The van der Waals surface area contributed by atoms with E-state index in [0.717, 1.165) is 16.9 Å². The van der Waals surface area contributed by atoms with Gasteiger partial charge in [0.1, 0.15) is 4.21 Å². The van der Waals surface area contributed by atoms with Gasteiger partial charge in [0.05, 0.1) is 6.61 Å². The van der Waals surface area contributed by atoms with Crippen LogP contribution in [0.15, 0.2) is 10.3 Å². The highest BCUT2D eigenvalue weighted by molar-refractivity contribution is 7.91. The zero-order valence-electron chi connectivity index (χ0n) is 12.9. The van der Waals surface area contributed by atoms with E-state index in [0.29, 0.717) is 30.4 Å². The van der Waals surface area contributed by atoms with Crippen molar-refractivity contribution in [3.8, 4) is 0 Å². The highest BCUT2D eigenvalue weighted by Crippen LogP contribution is 2.28. The Balaban J connectivity index is 2.07. The Morgan fingerprint density at radius 2 is 1.90 bits per heavy atom. The number of hydrogen-bond donors (Lipinski definition) is 1. The summed E-state index contributed by atoms with van der Waals surface area (Å²) < 4.78 is 27.3. The van der Waals surface area contributed by atoms with Crippen molar-refractivity contribution < 1.29 is 13.5 Å². The standard InChI is InChI=1S/C14H24N2O3S2/c1-4-13(10-17)15-5-7-16(8-6-15)21(18,19)14-9-11(2)12(3)20-14/h9,13,17H,4-8,10H2,1-3H3. The largest absolute Gasteiger partial charge is 0.395 e. The second-order valence-corrected chi connectivity index (χ2v) is 8.91. The minimum atomic E-state index is -3.36. The van der Waals surface area contributed by atoms with E-state index in [1.807, 2.05) is 20.8 Å². The van der Waals surface area contributed by atoms with E-state index in [1.165, 1.54) is 11.3 Å². The van der Waals surface area contributed by atoms with Crippen molar-refractivity contribution in [2.45, 2.75) is 37.4 Å². The lowest BCUT2D eigenvalue weighted by molar-refractivity contribution is 0.0881. The number of piperazine rings is 1. The molecule has 2 heterocycles. The third-order valence-electron chi connectivity index (χ3n) is 4.21. The van der Waals surface area contributed by atoms with Crippen LogP contribution in [-0.4, -0.2) is 61.6 Å². The Morgan fingerprint density at radius 1 is 1.29 bits per heavy atom. The van der Waals surface area contributed by atoms with Gasteiger partial charge in [0, 0.05) is 37.1 Å². The molecule has 0 bridgehead atoms. The number of thiophene rings is 1. The molecule has 1 saturated heterocycles. The van der Waals surface area contributed by atoms with Gasteiger partial charge in [-0.3, -0.25) is 4.90 Å². The molecule has 21 heavy (non-hydrogen) atoms. The predicted molar refractivity (Wildman–Crippen MR) is 85.3 cm³/mol. The molecule has 7 heteroatoms. The van der Waals surface area contributed by atoms with Crippen LogP contribution in [0.4, 0.5) is 0 Å². The number of aryl methyl sites for hydroxylation is 2. The summed E-state index contributed by atoms with van der Waals surface area (Å²) in [5.74, 6) is 0. The van der Waals surface area contributed by atoms with Crippen molar-refractivity contribution in [2.24, 2.45) is 0 Å². The maximum absolute atomic E-state index is 12.6. The maximum Gasteiger partial charge on any atom is 0.252 e. The molecule has 1 N–H and O–H groups in total. The molecule has 0 amide bonds. The Bertz CT molecular complexity index is 552. The van der Waals surface area contributed by atoms with Gasteiger partial charge >= 0.3 is 0 Å². The van der Waals surface area contributed by atoms with Gasteiger partial charge in [-0.15, -0.1) is 11.3 Å². The fourth-order valence-corrected chi connectivity index (χ4v) is 5.70. The molecule has 5 nitrogen and oxygen atoms in total. The molecule has 1 aromatic rings. The van der Waals surface area contributed by atoms with Gasteiger partial charge in [-0.05, 0) is 31.9 Å². The lowest BCUT2D eigenvalue weighted by Crippen LogP contribution is -2.52. The normalized spacial score (nSPS) is 19.8. The topological polar surface area (TPSA) is 60.9 Å². The quantitative estimate of drug-likeness (QED) is 0.886. The summed E-state index contributed by atoms with van der Waals surface area (Å²) in [5, 5.41) is 9.34. The van der Waals surface area contributed by atoms with E-state index in [9.17, 15) is 13.5 Å². The van der Waals surface area contributed by atoms with Crippen molar-refractivity contribution in [1.29, 1.82) is 0 Å². The van der Waals surface area contributed by atoms with Gasteiger partial charge in [-0.1, -0.05) is 6.92 Å². The number of rotatable bonds is 5. The summed E-state index contributed by atoms with van der Waals surface area (Å²) >= 11 is 1.35. The van der Waals surface area contributed by atoms with Crippen LogP contribution in [0.2, 0.25) is 0 Å². The average Bonchev–Trinajstić information content (AvgIpc) is 2.81. The first-order valence-corrected chi connectivity index (χ1v) is 9.58. The second kappa shape index (κ2) is 6.75. The lowest BCUT2D eigenvalue weighted by Gasteiger charge is -2.37. The molecule has 1 aromatic heterocycles. The molecule has 1 fully saturated rings. The molecule has 0 spiro atoms. The summed E-state index contributed by atoms with van der Waals surface area (Å²) in [6.07, 6.45) is 0.882. The van der Waals surface area contributed by atoms with E-state index in [4.69, 9.17) is 0 Å². The van der Waals surface area contributed by atoms with Gasteiger partial charge in [-0.2, -0.15) is 4.31 Å². The molecule has 0 aromatic carbocycles. The van der Waals surface area contributed by atoms with E-state index >= 15 is 0 Å². The molecule has 1 unspecified atom stereocenters. The van der Waals surface area contributed by atoms with Crippen LogP contribution in [0.25, 0.3) is 0 Å². The second-order valence-electron chi connectivity index (χ2n) is 5.49. The average molecular weight is 332 g/mol. The molecule has 2 rings (SSSR count). The third-order valence-corrected chi connectivity index (χ3v) is 7.71. The van der Waals surface area contributed by atoms with Crippen LogP contribution in [0.1, 0.15) is 23.8 Å². The SMILES string of the molecule is CCC(CO)N1CCN(S(=O)(=O)c2cc(C)c(C)s2)CC1. The first kappa shape index (κ1) is 16.9. The van der Waals surface area contributed by atoms with Crippen molar-refractivity contribution >= 4 is 21.4 Å². The molecule has 1 aliphatic heterocycles. The molecular weight excluding hydrogens is 308 g/mol. The Kier molecular flexibility index (Phi) is 5.43. The van der Waals surface area contributed by atoms with Gasteiger partial charge in [0.2, 0.25) is 0 Å². The number of aliphatic hydroxyl groups excluding tert-OH is 1. The maximum atomic E-state index is 12.6. The molecule has 1 atom stereocenters. The lowest BCUT2D eigenvalue weighted by atomic mass is 10.2. The van der Waals surface area contributed by atoms with Gasteiger partial charge < -0.3 is 5.11 Å². The van der Waals surface area contributed by atoms with Crippen LogP contribution in [0.3, 0.4) is 0 Å².